The van der Waals surface area contributed by atoms with Crippen molar-refractivity contribution in [1.29, 1.82) is 0 Å². The van der Waals surface area contributed by atoms with Crippen molar-refractivity contribution in [3.8, 4) is 0 Å². The Kier molecular flexibility index (Phi) is 6.75. The molecule has 1 fully saturated rings. The molecule has 1 saturated heterocycles. The summed E-state index contributed by atoms with van der Waals surface area (Å²) in [5.74, 6) is -2.17. The zero-order valence-corrected chi connectivity index (χ0v) is 16.7. The van der Waals surface area contributed by atoms with E-state index in [-0.39, 0.29) is 46.1 Å². The summed E-state index contributed by atoms with van der Waals surface area (Å²) in [6.45, 7) is 0. The average Bonchev–Trinajstić information content (AvgIpc) is 2.63. The molecule has 0 saturated carbocycles. The third-order valence-corrected chi connectivity index (χ3v) is 5.57. The Balaban J connectivity index is 0.00000280. The number of nitrogen functional groups attached to an aromatic ring is 1. The molecule has 1 aromatic rings. The van der Waals surface area contributed by atoms with Crippen LogP contribution in [0.2, 0.25) is 0 Å². The Morgan fingerprint density at radius 3 is 2.82 bits per heavy atom. The number of nitrogens with two attached hydrogens (primary N) is 1. The Hall–Kier alpha value is -2.50. The van der Waals surface area contributed by atoms with E-state index in [4.69, 9.17) is 22.2 Å². The van der Waals surface area contributed by atoms with Gasteiger partial charge in [-0.15, -0.1) is 24.2 Å². The summed E-state index contributed by atoms with van der Waals surface area (Å²) in [4.78, 5) is 46.1. The van der Waals surface area contributed by atoms with Crippen LogP contribution < -0.4 is 11.1 Å². The van der Waals surface area contributed by atoms with Crippen molar-refractivity contribution in [2.75, 3.05) is 18.6 Å². The zero-order chi connectivity index (χ0) is 19.7. The lowest BCUT2D eigenvalue weighted by Crippen LogP contribution is -2.71. The molecule has 0 bridgehead atoms. The van der Waals surface area contributed by atoms with Crippen molar-refractivity contribution in [1.82, 2.24) is 15.2 Å². The van der Waals surface area contributed by atoms with Crippen molar-refractivity contribution in [3.63, 3.8) is 0 Å². The van der Waals surface area contributed by atoms with Crippen LogP contribution >= 0.6 is 35.8 Å². The number of thioether (sulfide) groups is 1. The van der Waals surface area contributed by atoms with Crippen molar-refractivity contribution in [2.24, 2.45) is 5.16 Å². The highest BCUT2D eigenvalue weighted by Gasteiger charge is 2.54. The van der Waals surface area contributed by atoms with E-state index in [9.17, 15) is 19.5 Å². The summed E-state index contributed by atoms with van der Waals surface area (Å²) in [5, 5.41) is 15.0. The van der Waals surface area contributed by atoms with E-state index < -0.39 is 29.2 Å². The minimum absolute atomic E-state index is 0. The zero-order valence-electron chi connectivity index (χ0n) is 14.3. The SMILES string of the molecule is CO/N=C(\C(=O)NC1C(=O)N2C(C(=O)O)=C(Cl)CS[C@H]12)c1cccc(N)n1.Cl. The van der Waals surface area contributed by atoms with Crippen LogP contribution in [0.3, 0.4) is 0 Å². The first-order chi connectivity index (χ1) is 12.8. The van der Waals surface area contributed by atoms with Crippen LogP contribution in [-0.4, -0.2) is 62.8 Å². The maximum absolute atomic E-state index is 12.6. The lowest BCUT2D eigenvalue weighted by Gasteiger charge is -2.48. The molecular formula is C15H15Cl2N5O5S. The summed E-state index contributed by atoms with van der Waals surface area (Å²) >= 11 is 7.17. The predicted octanol–water partition coefficient (Wildman–Crippen LogP) is 0.371. The Bertz CT molecular complexity index is 893. The van der Waals surface area contributed by atoms with E-state index in [0.717, 1.165) is 4.90 Å². The molecule has 150 valence electrons. The number of carbonyl (C=O) groups excluding carboxylic acids is 2. The fourth-order valence-electron chi connectivity index (χ4n) is 2.67. The smallest absolute Gasteiger partial charge is 0.353 e. The number of carboxylic acids is 1. The second-order valence-electron chi connectivity index (χ2n) is 5.49. The van der Waals surface area contributed by atoms with Gasteiger partial charge in [-0.05, 0) is 12.1 Å². The van der Waals surface area contributed by atoms with Gasteiger partial charge in [-0.3, -0.25) is 14.5 Å². The van der Waals surface area contributed by atoms with E-state index in [1.54, 1.807) is 12.1 Å². The molecule has 3 heterocycles. The molecule has 0 aromatic carbocycles. The van der Waals surface area contributed by atoms with Gasteiger partial charge in [0.15, 0.2) is 5.71 Å². The topological polar surface area (TPSA) is 147 Å². The molecule has 2 aliphatic heterocycles. The minimum Gasteiger partial charge on any atom is -0.477 e. The van der Waals surface area contributed by atoms with Gasteiger partial charge in [0.25, 0.3) is 11.8 Å². The van der Waals surface area contributed by atoms with Gasteiger partial charge in [0, 0.05) is 5.75 Å². The Morgan fingerprint density at radius 1 is 1.50 bits per heavy atom. The molecule has 13 heteroatoms. The minimum atomic E-state index is -1.30. The van der Waals surface area contributed by atoms with Crippen LogP contribution in [0, 0.1) is 0 Å². The molecule has 0 radical (unpaired) electrons. The van der Waals surface area contributed by atoms with Crippen LogP contribution in [0.15, 0.2) is 34.1 Å². The largest absolute Gasteiger partial charge is 0.477 e. The fraction of sp³-hybridized carbons (Fsp3) is 0.267. The second-order valence-corrected chi connectivity index (χ2v) is 7.05. The number of fused-ring (bicyclic) bond motifs is 1. The number of carboxylic acid groups (broad SMARTS) is 1. The van der Waals surface area contributed by atoms with Gasteiger partial charge in [0.2, 0.25) is 0 Å². The summed E-state index contributed by atoms with van der Waals surface area (Å²) < 4.78 is 0. The number of pyridine rings is 1. The number of nitrogens with one attached hydrogen (secondary N) is 1. The maximum atomic E-state index is 12.6. The molecule has 2 amide bonds. The van der Waals surface area contributed by atoms with Crippen LogP contribution in [-0.2, 0) is 19.2 Å². The Labute approximate surface area is 174 Å². The number of hydrogen-bond donors (Lipinski definition) is 3. The van der Waals surface area contributed by atoms with Crippen molar-refractivity contribution in [3.05, 3.63) is 34.6 Å². The summed E-state index contributed by atoms with van der Waals surface area (Å²) in [6.07, 6.45) is 0. The van der Waals surface area contributed by atoms with Gasteiger partial charge in [-0.1, -0.05) is 22.8 Å². The van der Waals surface area contributed by atoms with Crippen LogP contribution in [0.5, 0.6) is 0 Å². The van der Waals surface area contributed by atoms with Gasteiger partial charge in [0.05, 0.1) is 5.03 Å². The number of carbonyl (C=O) groups is 3. The quantitative estimate of drug-likeness (QED) is 0.333. The number of β-lactam (4-membered cyclic amide) rings is 1. The van der Waals surface area contributed by atoms with Crippen LogP contribution in [0.4, 0.5) is 5.82 Å². The maximum Gasteiger partial charge on any atom is 0.353 e. The van der Waals surface area contributed by atoms with Gasteiger partial charge >= 0.3 is 5.97 Å². The first kappa shape index (κ1) is 21.8. The molecular weight excluding hydrogens is 433 g/mol. The molecule has 10 nitrogen and oxygen atoms in total. The van der Waals surface area contributed by atoms with E-state index in [1.165, 1.54) is 24.9 Å². The third kappa shape index (κ3) is 3.86. The first-order valence-electron chi connectivity index (χ1n) is 7.56. The molecule has 1 unspecified atom stereocenters. The van der Waals surface area contributed by atoms with Gasteiger partial charge in [0.1, 0.15) is 35.7 Å². The van der Waals surface area contributed by atoms with Crippen LogP contribution in [0.1, 0.15) is 5.69 Å². The summed E-state index contributed by atoms with van der Waals surface area (Å²) in [7, 11) is 1.26. The standard InChI is InChI=1S/C15H14ClN5O5S.ClH/c1-26-20-9(7-3-2-4-8(17)18-7)12(22)19-10-13(23)21-11(15(24)25)6(16)5-27-14(10)21;/h2-4,10,14H,5H2,1H3,(H2,17,18)(H,19,22)(H,24,25);1H/b20-9-;/t10?,14-;/m1./s1. The first-order valence-corrected chi connectivity index (χ1v) is 8.99. The molecule has 4 N–H and O–H groups in total. The third-order valence-electron chi connectivity index (χ3n) is 3.82. The highest BCUT2D eigenvalue weighted by molar-refractivity contribution is 8.00. The monoisotopic (exact) mass is 447 g/mol. The lowest BCUT2D eigenvalue weighted by atomic mass is 10.0. The number of halogens is 2. The average molecular weight is 448 g/mol. The van der Waals surface area contributed by atoms with E-state index in [0.29, 0.717) is 0 Å². The molecule has 28 heavy (non-hydrogen) atoms. The predicted molar refractivity (Wildman–Crippen MR) is 105 cm³/mol. The van der Waals surface area contributed by atoms with Crippen molar-refractivity contribution >= 4 is 65.1 Å². The summed E-state index contributed by atoms with van der Waals surface area (Å²) in [6, 6.07) is 3.73. The number of hydrogen-bond acceptors (Lipinski definition) is 8. The second kappa shape index (κ2) is 8.67. The van der Waals surface area contributed by atoms with E-state index in [1.807, 2.05) is 0 Å². The Morgan fingerprint density at radius 2 is 2.21 bits per heavy atom. The van der Waals surface area contributed by atoms with Crippen molar-refractivity contribution in [2.45, 2.75) is 11.4 Å². The normalized spacial score (nSPS) is 21.3. The highest BCUT2D eigenvalue weighted by atomic mass is 35.5. The number of nitrogens with zero attached hydrogens (tertiary/aromatic N) is 3. The number of anilines is 1. The van der Waals surface area contributed by atoms with Gasteiger partial charge in [-0.2, -0.15) is 0 Å². The molecule has 2 atom stereocenters. The van der Waals surface area contributed by atoms with E-state index >= 15 is 0 Å². The molecule has 3 rings (SSSR count). The highest BCUT2D eigenvalue weighted by Crippen LogP contribution is 2.41. The fourth-order valence-corrected chi connectivity index (χ4v) is 4.22. The lowest BCUT2D eigenvalue weighted by molar-refractivity contribution is -0.150. The number of oxime groups is 1. The number of aromatic nitrogens is 1. The molecule has 1 aromatic heterocycles. The molecule has 0 spiro atoms. The van der Waals surface area contributed by atoms with Gasteiger partial charge in [-0.25, -0.2) is 9.78 Å². The van der Waals surface area contributed by atoms with E-state index in [2.05, 4.69) is 15.5 Å². The number of aliphatic carboxylic acids is 1. The van der Waals surface area contributed by atoms with Crippen LogP contribution in [0.25, 0.3) is 0 Å². The van der Waals surface area contributed by atoms with Crippen molar-refractivity contribution < 1.29 is 24.3 Å². The molecule has 0 aliphatic carbocycles. The summed E-state index contributed by atoms with van der Waals surface area (Å²) in [5.41, 5.74) is 5.36. The molecule has 2 aliphatic rings. The number of amides is 2. The number of rotatable bonds is 5. The van der Waals surface area contributed by atoms with Gasteiger partial charge < -0.3 is 21.0 Å².